The molecule has 2 heterocycles. The van der Waals surface area contributed by atoms with Crippen LogP contribution in [-0.4, -0.2) is 28.2 Å². The van der Waals surface area contributed by atoms with Gasteiger partial charge in [0.05, 0.1) is 0 Å². The number of halogens is 1. The second-order valence-corrected chi connectivity index (χ2v) is 6.52. The Labute approximate surface area is 108 Å². The molecule has 0 saturated heterocycles. The molecule has 0 aliphatic heterocycles. The summed E-state index contributed by atoms with van der Waals surface area (Å²) in [5.41, 5.74) is 0.587. The van der Waals surface area contributed by atoms with Crippen molar-refractivity contribution < 1.29 is 8.42 Å². The molecule has 0 bridgehead atoms. The molecule has 2 aromatic heterocycles. The number of nitrogens with zero attached hydrogens (tertiary/aromatic N) is 4. The van der Waals surface area contributed by atoms with Crippen LogP contribution in [0.3, 0.4) is 0 Å². The Morgan fingerprint density at radius 1 is 1.28 bits per heavy atom. The maximum Gasteiger partial charge on any atom is 0.296 e. The van der Waals surface area contributed by atoms with Crippen LogP contribution in [0, 0.1) is 0 Å². The van der Waals surface area contributed by atoms with E-state index in [0.29, 0.717) is 11.5 Å². The van der Waals surface area contributed by atoms with E-state index in [2.05, 4.69) is 15.2 Å². The van der Waals surface area contributed by atoms with Gasteiger partial charge in [-0.2, -0.15) is 0 Å². The van der Waals surface area contributed by atoms with E-state index in [1.807, 2.05) is 6.07 Å². The Bertz CT molecular complexity index is 679. The Hall–Kier alpha value is -1.47. The van der Waals surface area contributed by atoms with Crippen LogP contribution >= 0.6 is 10.7 Å². The molecular weight excluding hydrogens is 276 g/mol. The molecule has 0 radical (unpaired) electrons. The van der Waals surface area contributed by atoms with Crippen molar-refractivity contribution in [3.63, 3.8) is 0 Å². The first-order valence-electron chi connectivity index (χ1n) is 5.38. The molecule has 1 aliphatic carbocycles. The smallest absolute Gasteiger partial charge is 0.292 e. The molecule has 6 nitrogen and oxygen atoms in total. The first-order chi connectivity index (χ1) is 8.57. The molecule has 8 heteroatoms. The quantitative estimate of drug-likeness (QED) is 0.800. The van der Waals surface area contributed by atoms with E-state index in [1.54, 1.807) is 22.9 Å². The zero-order chi connectivity index (χ0) is 12.8. The van der Waals surface area contributed by atoms with Gasteiger partial charge < -0.3 is 0 Å². The predicted molar refractivity (Wildman–Crippen MR) is 64.6 cm³/mol. The van der Waals surface area contributed by atoms with Crippen LogP contribution in [0.2, 0.25) is 0 Å². The van der Waals surface area contributed by atoms with Gasteiger partial charge in [-0.1, -0.05) is 6.07 Å². The zero-order valence-electron chi connectivity index (χ0n) is 9.19. The minimum absolute atomic E-state index is 0.0977. The van der Waals surface area contributed by atoms with E-state index in [9.17, 15) is 8.42 Å². The lowest BCUT2D eigenvalue weighted by molar-refractivity contribution is 0.579. The topological polar surface area (TPSA) is 77.7 Å². The van der Waals surface area contributed by atoms with Gasteiger partial charge in [0.25, 0.3) is 14.2 Å². The predicted octanol–water partition coefficient (Wildman–Crippen LogP) is 1.60. The van der Waals surface area contributed by atoms with Crippen molar-refractivity contribution in [1.82, 2.24) is 19.7 Å². The largest absolute Gasteiger partial charge is 0.296 e. The second-order valence-electron chi connectivity index (χ2n) is 4.06. The fourth-order valence-corrected chi connectivity index (χ4v) is 2.70. The highest BCUT2D eigenvalue weighted by atomic mass is 35.7. The molecule has 0 aromatic carbocycles. The molecule has 0 atom stereocenters. The molecule has 0 N–H and O–H groups in total. The summed E-state index contributed by atoms with van der Waals surface area (Å²) in [6.45, 7) is 0. The van der Waals surface area contributed by atoms with Gasteiger partial charge >= 0.3 is 0 Å². The molecule has 3 rings (SSSR count). The molecule has 1 fully saturated rings. The summed E-state index contributed by atoms with van der Waals surface area (Å²) in [6.07, 6.45) is 3.42. The van der Waals surface area contributed by atoms with E-state index in [4.69, 9.17) is 10.7 Å². The molecule has 0 spiro atoms. The van der Waals surface area contributed by atoms with E-state index in [-0.39, 0.29) is 11.2 Å². The standard InChI is InChI=1S/C10H9ClN4O2S/c11-18(16,17)10-14-13-9(15(10)7-4-5-7)8-3-1-2-6-12-8/h1-3,6-7H,4-5H2. The van der Waals surface area contributed by atoms with Crippen LogP contribution in [0.5, 0.6) is 0 Å². The van der Waals surface area contributed by atoms with Crippen LogP contribution in [0.1, 0.15) is 18.9 Å². The van der Waals surface area contributed by atoms with Crippen molar-refractivity contribution in [1.29, 1.82) is 0 Å². The summed E-state index contributed by atoms with van der Waals surface area (Å²) in [5, 5.41) is 7.38. The molecule has 18 heavy (non-hydrogen) atoms. The average Bonchev–Trinajstić information content (AvgIpc) is 3.07. The van der Waals surface area contributed by atoms with Gasteiger partial charge in [-0.15, -0.1) is 10.2 Å². The molecule has 1 aliphatic rings. The monoisotopic (exact) mass is 284 g/mol. The minimum atomic E-state index is -3.89. The Balaban J connectivity index is 2.20. The molecule has 2 aromatic rings. The van der Waals surface area contributed by atoms with E-state index in [0.717, 1.165) is 12.8 Å². The Kier molecular flexibility index (Phi) is 2.60. The lowest BCUT2D eigenvalue weighted by atomic mass is 10.3. The van der Waals surface area contributed by atoms with Crippen LogP contribution in [-0.2, 0) is 9.05 Å². The summed E-state index contributed by atoms with van der Waals surface area (Å²) in [7, 11) is 1.47. The van der Waals surface area contributed by atoms with Gasteiger partial charge in [0.2, 0.25) is 0 Å². The summed E-state index contributed by atoms with van der Waals surface area (Å²) in [5.74, 6) is 0.442. The lowest BCUT2D eigenvalue weighted by Crippen LogP contribution is -2.06. The maximum absolute atomic E-state index is 11.5. The van der Waals surface area contributed by atoms with Crippen molar-refractivity contribution in [3.8, 4) is 11.5 Å². The SMILES string of the molecule is O=S(=O)(Cl)c1nnc(-c2ccccn2)n1C1CC1. The first kappa shape index (κ1) is 11.6. The van der Waals surface area contributed by atoms with Gasteiger partial charge in [-0.25, -0.2) is 8.42 Å². The van der Waals surface area contributed by atoms with Crippen molar-refractivity contribution in [2.75, 3.05) is 0 Å². The van der Waals surface area contributed by atoms with E-state index >= 15 is 0 Å². The maximum atomic E-state index is 11.5. The summed E-state index contributed by atoms with van der Waals surface area (Å²) >= 11 is 0. The van der Waals surface area contributed by atoms with Gasteiger partial charge in [-0.3, -0.25) is 9.55 Å². The van der Waals surface area contributed by atoms with Gasteiger partial charge in [0.1, 0.15) is 5.69 Å². The molecule has 0 unspecified atom stereocenters. The highest BCUT2D eigenvalue weighted by Gasteiger charge is 2.34. The first-order valence-corrected chi connectivity index (χ1v) is 7.69. The Morgan fingerprint density at radius 3 is 2.61 bits per heavy atom. The van der Waals surface area contributed by atoms with Crippen LogP contribution in [0.15, 0.2) is 29.6 Å². The Morgan fingerprint density at radius 2 is 2.06 bits per heavy atom. The number of rotatable bonds is 3. The van der Waals surface area contributed by atoms with Crippen molar-refractivity contribution in [2.24, 2.45) is 0 Å². The molecule has 1 saturated carbocycles. The summed E-state index contributed by atoms with van der Waals surface area (Å²) in [6, 6.07) is 5.44. The third-order valence-electron chi connectivity index (χ3n) is 2.69. The van der Waals surface area contributed by atoms with Crippen LogP contribution in [0.4, 0.5) is 0 Å². The fraction of sp³-hybridized carbons (Fsp3) is 0.300. The molecule has 0 amide bonds. The van der Waals surface area contributed by atoms with E-state index < -0.39 is 9.05 Å². The van der Waals surface area contributed by atoms with Crippen molar-refractivity contribution >= 4 is 19.7 Å². The highest BCUT2D eigenvalue weighted by Crippen LogP contribution is 2.39. The van der Waals surface area contributed by atoms with Crippen molar-refractivity contribution in [3.05, 3.63) is 24.4 Å². The number of pyridine rings is 1. The van der Waals surface area contributed by atoms with Crippen LogP contribution in [0.25, 0.3) is 11.5 Å². The summed E-state index contributed by atoms with van der Waals surface area (Å²) < 4.78 is 24.5. The lowest BCUT2D eigenvalue weighted by Gasteiger charge is -2.06. The average molecular weight is 285 g/mol. The zero-order valence-corrected chi connectivity index (χ0v) is 10.8. The third kappa shape index (κ3) is 1.99. The van der Waals surface area contributed by atoms with Crippen molar-refractivity contribution in [2.45, 2.75) is 24.0 Å². The van der Waals surface area contributed by atoms with Gasteiger partial charge in [0, 0.05) is 22.9 Å². The fourth-order valence-electron chi connectivity index (χ4n) is 1.77. The normalized spacial score (nSPS) is 15.8. The number of hydrogen-bond acceptors (Lipinski definition) is 5. The third-order valence-corrected chi connectivity index (χ3v) is 3.82. The molecular formula is C10H9ClN4O2S. The number of aromatic nitrogens is 4. The summed E-state index contributed by atoms with van der Waals surface area (Å²) in [4.78, 5) is 4.15. The van der Waals surface area contributed by atoms with Crippen LogP contribution < -0.4 is 0 Å². The van der Waals surface area contributed by atoms with Gasteiger partial charge in [0.15, 0.2) is 5.82 Å². The molecule has 94 valence electrons. The number of hydrogen-bond donors (Lipinski definition) is 0. The highest BCUT2D eigenvalue weighted by molar-refractivity contribution is 8.13. The minimum Gasteiger partial charge on any atom is -0.292 e. The van der Waals surface area contributed by atoms with E-state index in [1.165, 1.54) is 0 Å². The van der Waals surface area contributed by atoms with Gasteiger partial charge in [-0.05, 0) is 25.0 Å². The second kappa shape index (κ2) is 4.03.